The van der Waals surface area contributed by atoms with E-state index in [1.807, 2.05) is 13.1 Å². The van der Waals surface area contributed by atoms with Crippen molar-refractivity contribution in [1.82, 2.24) is 15.1 Å². The van der Waals surface area contributed by atoms with E-state index in [2.05, 4.69) is 39.4 Å². The summed E-state index contributed by atoms with van der Waals surface area (Å²) in [7, 11) is 2.00. The molecule has 2 saturated heterocycles. The van der Waals surface area contributed by atoms with E-state index in [4.69, 9.17) is 0 Å². The maximum Gasteiger partial charge on any atom is 0.239 e. The average Bonchev–Trinajstić information content (AvgIpc) is 3.04. The largest absolute Gasteiger partial charge is 0.341 e. The van der Waals surface area contributed by atoms with Crippen LogP contribution in [0.5, 0.6) is 0 Å². The molecule has 1 amide bonds. The van der Waals surface area contributed by atoms with E-state index in [9.17, 15) is 4.79 Å². The Morgan fingerprint density at radius 2 is 1.96 bits per heavy atom. The second kappa shape index (κ2) is 7.93. The van der Waals surface area contributed by atoms with Gasteiger partial charge in [0.2, 0.25) is 5.91 Å². The summed E-state index contributed by atoms with van der Waals surface area (Å²) in [5, 5.41) is 3.26. The third-order valence-corrected chi connectivity index (χ3v) is 5.20. The molecule has 4 nitrogen and oxygen atoms in total. The Morgan fingerprint density at radius 1 is 1.17 bits per heavy atom. The van der Waals surface area contributed by atoms with E-state index in [0.717, 1.165) is 52.0 Å². The van der Waals surface area contributed by atoms with E-state index in [-0.39, 0.29) is 6.04 Å². The molecular formula is C19H29N3O. The van der Waals surface area contributed by atoms with Crippen molar-refractivity contribution in [2.45, 2.75) is 38.3 Å². The second-order valence-corrected chi connectivity index (χ2v) is 6.96. The van der Waals surface area contributed by atoms with Gasteiger partial charge in [0.25, 0.3) is 0 Å². The van der Waals surface area contributed by atoms with Gasteiger partial charge in [0, 0.05) is 19.6 Å². The van der Waals surface area contributed by atoms with Crippen molar-refractivity contribution >= 4 is 5.91 Å². The van der Waals surface area contributed by atoms with Crippen molar-refractivity contribution < 1.29 is 4.79 Å². The lowest BCUT2D eigenvalue weighted by atomic mass is 9.97. The summed E-state index contributed by atoms with van der Waals surface area (Å²) in [5.41, 5.74) is 1.30. The Kier molecular flexibility index (Phi) is 5.68. The first-order chi connectivity index (χ1) is 11.3. The van der Waals surface area contributed by atoms with E-state index in [1.165, 1.54) is 12.0 Å². The van der Waals surface area contributed by atoms with E-state index in [0.29, 0.717) is 11.8 Å². The summed E-state index contributed by atoms with van der Waals surface area (Å²) in [5.74, 6) is 0.973. The van der Waals surface area contributed by atoms with Crippen LogP contribution in [0.25, 0.3) is 0 Å². The van der Waals surface area contributed by atoms with Crippen LogP contribution < -0.4 is 5.32 Å². The van der Waals surface area contributed by atoms with Crippen LogP contribution in [-0.2, 0) is 11.3 Å². The fourth-order valence-electron chi connectivity index (χ4n) is 4.04. The maximum atomic E-state index is 13.0. The number of carbonyl (C=O) groups is 1. The molecule has 23 heavy (non-hydrogen) atoms. The summed E-state index contributed by atoms with van der Waals surface area (Å²) < 4.78 is 0. The van der Waals surface area contributed by atoms with Crippen molar-refractivity contribution in [3.8, 4) is 0 Å². The zero-order chi connectivity index (χ0) is 16.1. The van der Waals surface area contributed by atoms with Gasteiger partial charge in [-0.05, 0) is 57.3 Å². The molecule has 1 N–H and O–H groups in total. The number of hydrogen-bond donors (Lipinski definition) is 1. The number of piperidine rings is 1. The third-order valence-electron chi connectivity index (χ3n) is 5.20. The highest BCUT2D eigenvalue weighted by molar-refractivity contribution is 5.82. The first-order valence-corrected chi connectivity index (χ1v) is 8.99. The van der Waals surface area contributed by atoms with E-state index in [1.54, 1.807) is 0 Å². The lowest BCUT2D eigenvalue weighted by Gasteiger charge is -2.36. The van der Waals surface area contributed by atoms with Crippen LogP contribution in [0.3, 0.4) is 0 Å². The van der Waals surface area contributed by atoms with E-state index >= 15 is 0 Å². The summed E-state index contributed by atoms with van der Waals surface area (Å²) >= 11 is 0. The molecule has 0 saturated carbocycles. The van der Waals surface area contributed by atoms with Crippen molar-refractivity contribution in [1.29, 1.82) is 0 Å². The molecule has 1 aromatic carbocycles. The molecule has 2 aliphatic rings. The zero-order valence-corrected chi connectivity index (χ0v) is 14.2. The predicted molar refractivity (Wildman–Crippen MR) is 93.1 cm³/mol. The SMILES string of the molecule is CNCC1CCCN(C(=O)C2CCCN2Cc2ccccc2)C1. The Balaban J connectivity index is 1.61. The standard InChI is InChI=1S/C19H29N3O/c1-20-13-17-9-5-12-22(15-17)19(23)18-10-6-11-21(18)14-16-7-3-2-4-8-16/h2-4,7-8,17-18,20H,5-6,9-15H2,1H3. The van der Waals surface area contributed by atoms with Gasteiger partial charge in [-0.1, -0.05) is 30.3 Å². The van der Waals surface area contributed by atoms with Crippen LogP contribution in [0.2, 0.25) is 0 Å². The molecule has 0 bridgehead atoms. The highest BCUT2D eigenvalue weighted by Gasteiger charge is 2.35. The minimum atomic E-state index is 0.0866. The Morgan fingerprint density at radius 3 is 2.74 bits per heavy atom. The first kappa shape index (κ1) is 16.5. The lowest BCUT2D eigenvalue weighted by molar-refractivity contribution is -0.138. The van der Waals surface area contributed by atoms with Gasteiger partial charge in [0.1, 0.15) is 0 Å². The quantitative estimate of drug-likeness (QED) is 0.904. The summed E-state index contributed by atoms with van der Waals surface area (Å²) in [6.07, 6.45) is 4.53. The van der Waals surface area contributed by atoms with Gasteiger partial charge in [-0.2, -0.15) is 0 Å². The maximum absolute atomic E-state index is 13.0. The summed E-state index contributed by atoms with van der Waals surface area (Å²) in [6.45, 7) is 4.82. The van der Waals surface area contributed by atoms with Gasteiger partial charge in [0.15, 0.2) is 0 Å². The van der Waals surface area contributed by atoms with E-state index < -0.39 is 0 Å². The Bertz CT molecular complexity index is 503. The predicted octanol–water partition coefficient (Wildman–Crippen LogP) is 2.11. The van der Waals surface area contributed by atoms with Gasteiger partial charge in [0.05, 0.1) is 6.04 Å². The number of nitrogens with one attached hydrogen (secondary N) is 1. The van der Waals surface area contributed by atoms with Crippen LogP contribution in [0.15, 0.2) is 30.3 Å². The number of rotatable bonds is 5. The Hall–Kier alpha value is -1.39. The molecular weight excluding hydrogens is 286 g/mol. The minimum absolute atomic E-state index is 0.0866. The molecule has 126 valence electrons. The molecule has 0 radical (unpaired) electrons. The fourth-order valence-corrected chi connectivity index (χ4v) is 4.04. The number of hydrogen-bond acceptors (Lipinski definition) is 3. The Labute approximate surface area is 139 Å². The number of amides is 1. The van der Waals surface area contributed by atoms with Crippen LogP contribution in [0.1, 0.15) is 31.2 Å². The van der Waals surface area contributed by atoms with Crippen molar-refractivity contribution in [2.75, 3.05) is 33.2 Å². The van der Waals surface area contributed by atoms with Crippen LogP contribution >= 0.6 is 0 Å². The number of likely N-dealkylation sites (tertiary alicyclic amines) is 2. The molecule has 2 unspecified atom stereocenters. The lowest BCUT2D eigenvalue weighted by Crippen LogP contribution is -2.50. The molecule has 1 aromatic rings. The number of benzene rings is 1. The zero-order valence-electron chi connectivity index (χ0n) is 14.2. The average molecular weight is 315 g/mol. The highest BCUT2D eigenvalue weighted by atomic mass is 16.2. The summed E-state index contributed by atoms with van der Waals surface area (Å²) in [6, 6.07) is 10.6. The first-order valence-electron chi connectivity index (χ1n) is 8.99. The van der Waals surface area contributed by atoms with Gasteiger partial charge < -0.3 is 10.2 Å². The number of nitrogens with zero attached hydrogens (tertiary/aromatic N) is 2. The van der Waals surface area contributed by atoms with Crippen molar-refractivity contribution in [2.24, 2.45) is 5.92 Å². The van der Waals surface area contributed by atoms with Crippen molar-refractivity contribution in [3.63, 3.8) is 0 Å². The van der Waals surface area contributed by atoms with Crippen LogP contribution in [-0.4, -0.2) is 55.0 Å². The van der Waals surface area contributed by atoms with Crippen molar-refractivity contribution in [3.05, 3.63) is 35.9 Å². The van der Waals surface area contributed by atoms with Gasteiger partial charge in [-0.15, -0.1) is 0 Å². The smallest absolute Gasteiger partial charge is 0.239 e. The van der Waals surface area contributed by atoms with Gasteiger partial charge >= 0.3 is 0 Å². The van der Waals surface area contributed by atoms with Crippen LogP contribution in [0, 0.1) is 5.92 Å². The molecule has 2 fully saturated rings. The molecule has 0 spiro atoms. The molecule has 2 aliphatic heterocycles. The second-order valence-electron chi connectivity index (χ2n) is 6.96. The molecule has 2 atom stereocenters. The molecule has 3 rings (SSSR count). The van der Waals surface area contributed by atoms with Crippen LogP contribution in [0.4, 0.5) is 0 Å². The molecule has 0 aromatic heterocycles. The topological polar surface area (TPSA) is 35.6 Å². The fraction of sp³-hybridized carbons (Fsp3) is 0.632. The third kappa shape index (κ3) is 4.12. The highest BCUT2D eigenvalue weighted by Crippen LogP contribution is 2.24. The molecule has 2 heterocycles. The summed E-state index contributed by atoms with van der Waals surface area (Å²) in [4.78, 5) is 17.5. The normalized spacial score (nSPS) is 25.7. The van der Waals surface area contributed by atoms with Gasteiger partial charge in [-0.3, -0.25) is 9.69 Å². The van der Waals surface area contributed by atoms with Gasteiger partial charge in [-0.25, -0.2) is 0 Å². The molecule has 4 heteroatoms. The number of carbonyl (C=O) groups excluding carboxylic acids is 1. The minimum Gasteiger partial charge on any atom is -0.341 e. The molecule has 0 aliphatic carbocycles. The monoisotopic (exact) mass is 315 g/mol.